The maximum absolute atomic E-state index is 13.6. The van der Waals surface area contributed by atoms with Crippen LogP contribution >= 0.6 is 11.6 Å². The highest BCUT2D eigenvalue weighted by Crippen LogP contribution is 2.35. The molecule has 1 aliphatic carbocycles. The number of nitrogens with one attached hydrogen (secondary N) is 2. The highest BCUT2D eigenvalue weighted by Gasteiger charge is 2.28. The molecule has 8 rings (SSSR count). The lowest BCUT2D eigenvalue weighted by molar-refractivity contribution is -0.120. The molecule has 6 heterocycles. The normalized spacial score (nSPS) is 18.9. The Balaban J connectivity index is 0.813. The number of carbonyl (C=O) groups excluding carboxylic acids is 3. The van der Waals surface area contributed by atoms with Gasteiger partial charge >= 0.3 is 6.03 Å². The number of carbonyl (C=O) groups is 3. The van der Waals surface area contributed by atoms with Crippen molar-refractivity contribution in [1.29, 1.82) is 0 Å². The number of piperidine rings is 1. The Bertz CT molecular complexity index is 2190. The molecule has 3 aliphatic heterocycles. The SMILES string of the molecule is CC(=O)c1c(C)c2cnc(Nc3ccc(N4CCN(CCC5CCN(c6ccc(N7CCC(=O)NC7=O)c(Cl)c6)CC5)CC4)cn3)nc2n(C2CCCC2)c1=O. The van der Waals surface area contributed by atoms with Gasteiger partial charge in [-0.1, -0.05) is 24.4 Å². The minimum atomic E-state index is -0.428. The molecule has 3 saturated heterocycles. The van der Waals surface area contributed by atoms with E-state index >= 15 is 0 Å². The van der Waals surface area contributed by atoms with Gasteiger partial charge in [0.15, 0.2) is 5.78 Å². The van der Waals surface area contributed by atoms with Crippen molar-refractivity contribution in [3.8, 4) is 0 Å². The summed E-state index contributed by atoms with van der Waals surface area (Å²) in [5.41, 5.74) is 3.91. The summed E-state index contributed by atoms with van der Waals surface area (Å²) < 4.78 is 1.73. The summed E-state index contributed by atoms with van der Waals surface area (Å²) in [7, 11) is 0. The first-order chi connectivity index (χ1) is 27.1. The monoisotopic (exact) mass is 780 g/mol. The van der Waals surface area contributed by atoms with Gasteiger partial charge in [0.05, 0.1) is 28.2 Å². The molecular formula is C41H49ClN10O4. The summed E-state index contributed by atoms with van der Waals surface area (Å²) >= 11 is 6.62. The van der Waals surface area contributed by atoms with E-state index in [1.54, 1.807) is 17.7 Å². The Morgan fingerprint density at radius 1 is 0.893 bits per heavy atom. The van der Waals surface area contributed by atoms with E-state index < -0.39 is 6.03 Å². The van der Waals surface area contributed by atoms with E-state index in [1.165, 1.54) is 18.2 Å². The number of Topliss-reactive ketones (excluding diaryl/α,β-unsaturated/α-hetero) is 1. The summed E-state index contributed by atoms with van der Waals surface area (Å²) in [5.74, 6) is 1.17. The maximum atomic E-state index is 13.6. The van der Waals surface area contributed by atoms with Gasteiger partial charge in [-0.25, -0.2) is 14.8 Å². The number of anilines is 5. The van der Waals surface area contributed by atoms with Gasteiger partial charge in [0.2, 0.25) is 11.9 Å². The smallest absolute Gasteiger partial charge is 0.328 e. The fraction of sp³-hybridized carbons (Fsp3) is 0.488. The number of hydrogen-bond donors (Lipinski definition) is 2. The van der Waals surface area contributed by atoms with E-state index in [2.05, 4.69) is 41.4 Å². The third-order valence-corrected chi connectivity index (χ3v) is 12.4. The molecule has 4 fully saturated rings. The van der Waals surface area contributed by atoms with Crippen LogP contribution < -0.4 is 30.9 Å². The molecule has 14 nitrogen and oxygen atoms in total. The first-order valence-electron chi connectivity index (χ1n) is 19.9. The van der Waals surface area contributed by atoms with Gasteiger partial charge < -0.3 is 15.1 Å². The predicted molar refractivity (Wildman–Crippen MR) is 219 cm³/mol. The van der Waals surface area contributed by atoms with Crippen LogP contribution in [0.15, 0.2) is 47.5 Å². The van der Waals surface area contributed by atoms with Crippen molar-refractivity contribution < 1.29 is 14.4 Å². The summed E-state index contributed by atoms with van der Waals surface area (Å²) in [5, 5.41) is 6.83. The van der Waals surface area contributed by atoms with Gasteiger partial charge in [-0.3, -0.25) is 34.1 Å². The number of amides is 3. The number of aromatic nitrogens is 4. The lowest BCUT2D eigenvalue weighted by Crippen LogP contribution is -2.49. The van der Waals surface area contributed by atoms with Crippen LogP contribution in [0.1, 0.15) is 80.3 Å². The molecule has 56 heavy (non-hydrogen) atoms. The van der Waals surface area contributed by atoms with E-state index in [-0.39, 0.29) is 35.3 Å². The van der Waals surface area contributed by atoms with Crippen molar-refractivity contribution in [3.63, 3.8) is 0 Å². The summed E-state index contributed by atoms with van der Waals surface area (Å²) in [6, 6.07) is 9.44. The number of imide groups is 1. The fourth-order valence-electron chi connectivity index (χ4n) is 8.85. The quantitative estimate of drug-likeness (QED) is 0.180. The third-order valence-electron chi connectivity index (χ3n) is 12.1. The van der Waals surface area contributed by atoms with Crippen LogP contribution in [0, 0.1) is 12.8 Å². The number of ketones is 1. The molecule has 0 unspecified atom stereocenters. The first-order valence-corrected chi connectivity index (χ1v) is 20.3. The van der Waals surface area contributed by atoms with Gasteiger partial charge in [-0.15, -0.1) is 0 Å². The molecule has 3 aromatic heterocycles. The molecule has 0 radical (unpaired) electrons. The Hall–Kier alpha value is -5.08. The highest BCUT2D eigenvalue weighted by atomic mass is 35.5. The number of hydrogen-bond acceptors (Lipinski definition) is 11. The molecule has 15 heteroatoms. The molecule has 0 spiro atoms. The number of rotatable bonds is 10. The van der Waals surface area contributed by atoms with Crippen molar-refractivity contribution in [2.24, 2.45) is 5.92 Å². The second-order valence-electron chi connectivity index (χ2n) is 15.6. The van der Waals surface area contributed by atoms with Crippen LogP contribution in [0.2, 0.25) is 5.02 Å². The van der Waals surface area contributed by atoms with Gasteiger partial charge in [-0.05, 0) is 94.3 Å². The van der Waals surface area contributed by atoms with Crippen molar-refractivity contribution in [3.05, 3.63) is 69.2 Å². The van der Waals surface area contributed by atoms with Crippen molar-refractivity contribution in [2.75, 3.05) is 72.4 Å². The molecule has 1 aromatic carbocycles. The second-order valence-corrected chi connectivity index (χ2v) is 16.0. The lowest BCUT2D eigenvalue weighted by atomic mass is 9.93. The van der Waals surface area contributed by atoms with E-state index in [0.29, 0.717) is 46.1 Å². The number of benzene rings is 1. The number of nitrogens with zero attached hydrogens (tertiary/aromatic N) is 8. The summed E-state index contributed by atoms with van der Waals surface area (Å²) in [4.78, 5) is 72.7. The van der Waals surface area contributed by atoms with Gasteiger partial charge in [0, 0.05) is 75.5 Å². The topological polar surface area (TPSA) is 149 Å². The van der Waals surface area contributed by atoms with Crippen LogP contribution in [0.25, 0.3) is 11.0 Å². The molecule has 4 aliphatic rings. The fourth-order valence-corrected chi connectivity index (χ4v) is 9.13. The number of urea groups is 1. The van der Waals surface area contributed by atoms with Crippen molar-refractivity contribution in [2.45, 2.75) is 71.3 Å². The zero-order chi connectivity index (χ0) is 38.9. The molecule has 294 valence electrons. The van der Waals surface area contributed by atoms with Crippen LogP contribution in [-0.4, -0.2) is 94.5 Å². The Morgan fingerprint density at radius 3 is 2.30 bits per heavy atom. The molecule has 0 atom stereocenters. The second kappa shape index (κ2) is 16.2. The molecule has 2 N–H and O–H groups in total. The van der Waals surface area contributed by atoms with E-state index in [9.17, 15) is 19.2 Å². The maximum Gasteiger partial charge on any atom is 0.328 e. The molecular weight excluding hydrogens is 732 g/mol. The zero-order valence-electron chi connectivity index (χ0n) is 32.1. The first kappa shape index (κ1) is 37.8. The van der Waals surface area contributed by atoms with Crippen LogP contribution in [0.5, 0.6) is 0 Å². The number of piperazine rings is 1. The van der Waals surface area contributed by atoms with Crippen LogP contribution in [-0.2, 0) is 4.79 Å². The Labute approximate surface area is 331 Å². The Morgan fingerprint density at radius 2 is 1.62 bits per heavy atom. The van der Waals surface area contributed by atoms with E-state index in [1.807, 2.05) is 30.5 Å². The summed E-state index contributed by atoms with van der Waals surface area (Å²) in [6.07, 6.45) is 11.2. The van der Waals surface area contributed by atoms with E-state index in [0.717, 1.165) is 101 Å². The van der Waals surface area contributed by atoms with Gasteiger partial charge in [0.1, 0.15) is 11.5 Å². The largest absolute Gasteiger partial charge is 0.371 e. The third kappa shape index (κ3) is 7.81. The average molecular weight is 781 g/mol. The van der Waals surface area contributed by atoms with Crippen LogP contribution in [0.3, 0.4) is 0 Å². The zero-order valence-corrected chi connectivity index (χ0v) is 32.9. The Kier molecular flexibility index (Phi) is 10.9. The van der Waals surface area contributed by atoms with Crippen molar-refractivity contribution >= 4 is 69.2 Å². The van der Waals surface area contributed by atoms with Gasteiger partial charge in [0.25, 0.3) is 5.56 Å². The predicted octanol–water partition coefficient (Wildman–Crippen LogP) is 6.08. The molecule has 3 amide bonds. The van der Waals surface area contributed by atoms with Crippen LogP contribution in [0.4, 0.5) is 33.6 Å². The molecule has 4 aromatic rings. The standard InChI is InChI=1S/C41H49ClN10O4/c1-26-32-25-44-40(47-38(32)52(29-5-3-4-6-29)39(55)37(26)27(2)53)45-35-10-8-31(24-43-35)50-21-19-48(20-22-50)15-11-28-12-16-49(17-13-28)30-7-9-34(33(42)23-30)51-18-14-36(54)46-41(51)56/h7-10,23-25,28-29H,3-6,11-22H2,1-2H3,(H,46,54,56)(H,43,44,45,47). The number of halogens is 1. The van der Waals surface area contributed by atoms with Gasteiger partial charge in [-0.2, -0.15) is 4.98 Å². The molecule has 0 bridgehead atoms. The molecule has 1 saturated carbocycles. The summed E-state index contributed by atoms with van der Waals surface area (Å²) in [6.45, 7) is 10.5. The van der Waals surface area contributed by atoms with E-state index in [4.69, 9.17) is 16.6 Å². The number of aryl methyl sites for hydroxylation is 1. The number of fused-ring (bicyclic) bond motifs is 1. The number of pyridine rings is 2. The average Bonchev–Trinajstić information content (AvgIpc) is 3.73. The minimum Gasteiger partial charge on any atom is -0.371 e. The van der Waals surface area contributed by atoms with Crippen molar-refractivity contribution in [1.82, 2.24) is 29.7 Å². The lowest BCUT2D eigenvalue weighted by Gasteiger charge is -2.38. The highest BCUT2D eigenvalue weighted by molar-refractivity contribution is 6.34. The minimum absolute atomic E-state index is 0.0218.